The predicted octanol–water partition coefficient (Wildman–Crippen LogP) is 4.40. The highest BCUT2D eigenvalue weighted by Gasteiger charge is 2.40. The third kappa shape index (κ3) is 4.30. The summed E-state index contributed by atoms with van der Waals surface area (Å²) in [6.45, 7) is 3.52. The largest absolute Gasteiger partial charge is 0.492 e. The van der Waals surface area contributed by atoms with E-state index in [0.717, 1.165) is 19.4 Å². The lowest BCUT2D eigenvalue weighted by molar-refractivity contribution is 0.112. The van der Waals surface area contributed by atoms with Crippen molar-refractivity contribution in [2.75, 3.05) is 11.9 Å². The van der Waals surface area contributed by atoms with Crippen LogP contribution in [0, 0.1) is 0 Å². The number of ether oxygens (including phenoxy) is 1. The highest BCUT2D eigenvalue weighted by molar-refractivity contribution is 5.91. The number of nitrogens with one attached hydrogen (secondary N) is 2. The first-order valence-electron chi connectivity index (χ1n) is 10.3. The van der Waals surface area contributed by atoms with Crippen molar-refractivity contribution in [1.29, 1.82) is 0 Å². The van der Waals surface area contributed by atoms with Gasteiger partial charge in [-0.2, -0.15) is 0 Å². The highest BCUT2D eigenvalue weighted by Crippen LogP contribution is 2.37. The van der Waals surface area contributed by atoms with Gasteiger partial charge in [0.2, 0.25) is 0 Å². The van der Waals surface area contributed by atoms with Gasteiger partial charge in [-0.25, -0.2) is 4.79 Å². The molecule has 2 aliphatic rings. The fourth-order valence-corrected chi connectivity index (χ4v) is 4.64. The van der Waals surface area contributed by atoms with Gasteiger partial charge in [0.1, 0.15) is 5.75 Å². The molecule has 2 aromatic carbocycles. The summed E-state index contributed by atoms with van der Waals surface area (Å²) in [4.78, 5) is 15.2. The standard InChI is InChI=1S/C23H29N3O2/c1-2-28-22-11-7-6-10-21(22)25-23(27)24-18-14-19-12-13-20(15-18)26(19)16-17-8-4-3-5-9-17/h3-11,18-20H,2,12-16H2,1H3,(H2,24,25,27)/t19-,20-/m0/s1. The summed E-state index contributed by atoms with van der Waals surface area (Å²) in [5.41, 5.74) is 2.09. The lowest BCUT2D eigenvalue weighted by atomic mass is 9.96. The molecule has 0 unspecified atom stereocenters. The molecule has 0 aliphatic carbocycles. The topological polar surface area (TPSA) is 53.6 Å². The molecule has 2 N–H and O–H groups in total. The normalized spacial score (nSPS) is 24.0. The van der Waals surface area contributed by atoms with Crippen molar-refractivity contribution in [1.82, 2.24) is 10.2 Å². The second kappa shape index (κ2) is 8.65. The van der Waals surface area contributed by atoms with Gasteiger partial charge in [-0.15, -0.1) is 0 Å². The van der Waals surface area contributed by atoms with Crippen LogP contribution in [0.5, 0.6) is 5.75 Å². The molecule has 2 atom stereocenters. The van der Waals surface area contributed by atoms with Crippen molar-refractivity contribution in [3.8, 4) is 5.75 Å². The minimum Gasteiger partial charge on any atom is -0.492 e. The number of rotatable bonds is 6. The molecule has 0 spiro atoms. The van der Waals surface area contributed by atoms with Crippen LogP contribution in [-0.4, -0.2) is 35.7 Å². The van der Waals surface area contributed by atoms with Gasteiger partial charge in [0.05, 0.1) is 12.3 Å². The molecule has 2 bridgehead atoms. The van der Waals surface area contributed by atoms with E-state index < -0.39 is 0 Å². The third-order valence-electron chi connectivity index (χ3n) is 5.86. The summed E-state index contributed by atoms with van der Waals surface area (Å²) in [5.74, 6) is 0.706. The number of hydrogen-bond acceptors (Lipinski definition) is 3. The zero-order chi connectivity index (χ0) is 19.3. The Bertz CT molecular complexity index is 781. The maximum absolute atomic E-state index is 12.6. The van der Waals surface area contributed by atoms with E-state index in [9.17, 15) is 4.79 Å². The van der Waals surface area contributed by atoms with E-state index in [1.807, 2.05) is 31.2 Å². The molecule has 2 saturated heterocycles. The van der Waals surface area contributed by atoms with E-state index in [1.54, 1.807) is 0 Å². The molecular formula is C23H29N3O2. The Kier molecular flexibility index (Phi) is 5.81. The number of hydrogen-bond donors (Lipinski definition) is 2. The number of nitrogens with zero attached hydrogens (tertiary/aromatic N) is 1. The number of fused-ring (bicyclic) bond motifs is 2. The SMILES string of the molecule is CCOc1ccccc1NC(=O)NC1C[C@@H]2CC[C@@H](C1)N2Cc1ccccc1. The van der Waals surface area contributed by atoms with Gasteiger partial charge in [-0.3, -0.25) is 4.90 Å². The van der Waals surface area contributed by atoms with E-state index >= 15 is 0 Å². The van der Waals surface area contributed by atoms with Crippen molar-refractivity contribution < 1.29 is 9.53 Å². The Labute approximate surface area is 167 Å². The number of para-hydroxylation sites is 2. The van der Waals surface area contributed by atoms with Gasteiger partial charge in [0.15, 0.2) is 0 Å². The van der Waals surface area contributed by atoms with Gasteiger partial charge in [-0.05, 0) is 50.3 Å². The quantitative estimate of drug-likeness (QED) is 0.782. The number of anilines is 1. The van der Waals surface area contributed by atoms with Crippen LogP contribution in [-0.2, 0) is 6.54 Å². The molecule has 2 amide bonds. The number of benzene rings is 2. The molecule has 5 nitrogen and oxygen atoms in total. The van der Waals surface area contributed by atoms with Gasteiger partial charge in [-0.1, -0.05) is 42.5 Å². The molecule has 148 valence electrons. The van der Waals surface area contributed by atoms with Crippen LogP contribution in [0.25, 0.3) is 0 Å². The van der Waals surface area contributed by atoms with Crippen LogP contribution in [0.2, 0.25) is 0 Å². The fraction of sp³-hybridized carbons (Fsp3) is 0.435. The molecule has 2 heterocycles. The zero-order valence-electron chi connectivity index (χ0n) is 16.4. The Hall–Kier alpha value is -2.53. The molecule has 2 aliphatic heterocycles. The average Bonchev–Trinajstić information content (AvgIpc) is 2.93. The zero-order valence-corrected chi connectivity index (χ0v) is 16.4. The van der Waals surface area contributed by atoms with Crippen LogP contribution >= 0.6 is 0 Å². The summed E-state index contributed by atoms with van der Waals surface area (Å²) >= 11 is 0. The minimum absolute atomic E-state index is 0.145. The lowest BCUT2D eigenvalue weighted by Gasteiger charge is -2.39. The van der Waals surface area contributed by atoms with E-state index in [2.05, 4.69) is 45.9 Å². The molecule has 0 saturated carbocycles. The molecular weight excluding hydrogens is 350 g/mol. The summed E-state index contributed by atoms with van der Waals surface area (Å²) in [6, 6.07) is 19.4. The van der Waals surface area contributed by atoms with Crippen LogP contribution in [0.15, 0.2) is 54.6 Å². The van der Waals surface area contributed by atoms with Crippen molar-refractivity contribution in [2.24, 2.45) is 0 Å². The second-order valence-corrected chi connectivity index (χ2v) is 7.74. The van der Waals surface area contributed by atoms with Crippen LogP contribution in [0.4, 0.5) is 10.5 Å². The van der Waals surface area contributed by atoms with Gasteiger partial charge in [0, 0.05) is 24.7 Å². The summed E-state index contributed by atoms with van der Waals surface area (Å²) in [6.07, 6.45) is 4.49. The maximum atomic E-state index is 12.6. The maximum Gasteiger partial charge on any atom is 0.319 e. The molecule has 0 aromatic heterocycles. The smallest absolute Gasteiger partial charge is 0.319 e. The number of carbonyl (C=O) groups is 1. The first-order chi connectivity index (χ1) is 13.7. The second-order valence-electron chi connectivity index (χ2n) is 7.74. The summed E-state index contributed by atoms with van der Waals surface area (Å²) in [5, 5.41) is 6.14. The highest BCUT2D eigenvalue weighted by atomic mass is 16.5. The Morgan fingerprint density at radius 2 is 1.71 bits per heavy atom. The van der Waals surface area contributed by atoms with Crippen LogP contribution in [0.3, 0.4) is 0 Å². The Morgan fingerprint density at radius 3 is 2.43 bits per heavy atom. The average molecular weight is 380 g/mol. The first-order valence-corrected chi connectivity index (χ1v) is 10.3. The number of amides is 2. The molecule has 4 rings (SSSR count). The van der Waals surface area contributed by atoms with E-state index in [4.69, 9.17) is 4.74 Å². The van der Waals surface area contributed by atoms with Crippen molar-refractivity contribution in [2.45, 2.75) is 57.3 Å². The van der Waals surface area contributed by atoms with E-state index in [-0.39, 0.29) is 12.1 Å². The predicted molar refractivity (Wildman–Crippen MR) is 112 cm³/mol. The van der Waals surface area contributed by atoms with E-state index in [1.165, 1.54) is 18.4 Å². The molecule has 2 fully saturated rings. The number of urea groups is 1. The third-order valence-corrected chi connectivity index (χ3v) is 5.86. The fourth-order valence-electron chi connectivity index (χ4n) is 4.64. The van der Waals surface area contributed by atoms with Crippen molar-refractivity contribution in [3.05, 3.63) is 60.2 Å². The number of carbonyl (C=O) groups excluding carboxylic acids is 1. The van der Waals surface area contributed by atoms with Crippen molar-refractivity contribution >= 4 is 11.7 Å². The number of piperidine rings is 1. The molecule has 0 radical (unpaired) electrons. The Balaban J connectivity index is 1.33. The summed E-state index contributed by atoms with van der Waals surface area (Å²) < 4.78 is 5.59. The van der Waals surface area contributed by atoms with Crippen molar-refractivity contribution in [3.63, 3.8) is 0 Å². The van der Waals surface area contributed by atoms with Gasteiger partial charge in [0.25, 0.3) is 0 Å². The van der Waals surface area contributed by atoms with Gasteiger partial charge >= 0.3 is 6.03 Å². The van der Waals surface area contributed by atoms with Crippen LogP contribution in [0.1, 0.15) is 38.2 Å². The Morgan fingerprint density at radius 1 is 1.04 bits per heavy atom. The lowest BCUT2D eigenvalue weighted by Crippen LogP contribution is -2.50. The van der Waals surface area contributed by atoms with Gasteiger partial charge < -0.3 is 15.4 Å². The van der Waals surface area contributed by atoms with E-state index in [0.29, 0.717) is 30.1 Å². The molecule has 2 aromatic rings. The molecule has 5 heteroatoms. The monoisotopic (exact) mass is 379 g/mol. The minimum atomic E-state index is -0.145. The summed E-state index contributed by atoms with van der Waals surface area (Å²) in [7, 11) is 0. The molecule has 28 heavy (non-hydrogen) atoms. The first kappa shape index (κ1) is 18.8. The van der Waals surface area contributed by atoms with Crippen LogP contribution < -0.4 is 15.4 Å².